The quantitative estimate of drug-likeness (QED) is 0.708. The topological polar surface area (TPSA) is 58.6 Å². The average Bonchev–Trinajstić information content (AvgIpc) is 2.17. The van der Waals surface area contributed by atoms with Gasteiger partial charge in [-0.2, -0.15) is 0 Å². The predicted octanol–water partition coefficient (Wildman–Crippen LogP) is -0.198. The molecule has 1 saturated heterocycles. The van der Waals surface area contributed by atoms with E-state index >= 15 is 0 Å². The summed E-state index contributed by atoms with van der Waals surface area (Å²) in [5.74, 6) is 0.184. The normalized spacial score (nSPS) is 19.5. The van der Waals surface area contributed by atoms with Crippen LogP contribution in [0.25, 0.3) is 0 Å². The molecule has 1 unspecified atom stereocenters. The van der Waals surface area contributed by atoms with Crippen molar-refractivity contribution >= 4 is 11.7 Å². The number of piperidine rings is 1. The van der Waals surface area contributed by atoms with Gasteiger partial charge in [-0.15, -0.1) is 0 Å². The zero-order valence-corrected chi connectivity index (χ0v) is 9.99. The third kappa shape index (κ3) is 4.72. The second-order valence-corrected chi connectivity index (χ2v) is 4.28. The highest BCUT2D eigenvalue weighted by Crippen LogP contribution is 2.04. The number of Topliss-reactive ketones (excluding diaryl/α,β-unsaturated/α-hetero) is 1. The fourth-order valence-corrected chi connectivity index (χ4v) is 1.86. The minimum Gasteiger partial charge on any atom is -0.383 e. The molecule has 1 fully saturated rings. The fourth-order valence-electron chi connectivity index (χ4n) is 1.86. The van der Waals surface area contributed by atoms with Crippen LogP contribution >= 0.6 is 0 Å². The molecular formula is C11H20N2O3. The molecule has 1 atom stereocenters. The van der Waals surface area contributed by atoms with Gasteiger partial charge in [0.15, 0.2) is 0 Å². The van der Waals surface area contributed by atoms with Crippen molar-refractivity contribution in [2.24, 2.45) is 0 Å². The molecule has 0 aromatic carbocycles. The first kappa shape index (κ1) is 13.1. The molecule has 1 N–H and O–H groups in total. The van der Waals surface area contributed by atoms with Crippen LogP contribution < -0.4 is 5.32 Å². The Balaban J connectivity index is 2.25. The van der Waals surface area contributed by atoms with Gasteiger partial charge < -0.3 is 10.1 Å². The van der Waals surface area contributed by atoms with Gasteiger partial charge in [-0.05, 0) is 19.9 Å². The second kappa shape index (κ2) is 6.60. The summed E-state index contributed by atoms with van der Waals surface area (Å²) in [5.41, 5.74) is 0. The highest BCUT2D eigenvalue weighted by Gasteiger charge is 2.19. The molecule has 5 nitrogen and oxygen atoms in total. The zero-order chi connectivity index (χ0) is 12.0. The lowest BCUT2D eigenvalue weighted by atomic mass is 10.1. The number of hydrogen-bond acceptors (Lipinski definition) is 4. The largest absolute Gasteiger partial charge is 0.383 e. The average molecular weight is 228 g/mol. The smallest absolute Gasteiger partial charge is 0.234 e. The van der Waals surface area contributed by atoms with E-state index in [0.717, 1.165) is 13.0 Å². The molecular weight excluding hydrogens is 208 g/mol. The fraction of sp³-hybridized carbons (Fsp3) is 0.818. The number of carbonyl (C=O) groups is 2. The van der Waals surface area contributed by atoms with E-state index in [1.165, 1.54) is 0 Å². The van der Waals surface area contributed by atoms with Crippen LogP contribution in [-0.4, -0.2) is 56.0 Å². The van der Waals surface area contributed by atoms with E-state index in [0.29, 0.717) is 26.1 Å². The summed E-state index contributed by atoms with van der Waals surface area (Å²) in [6, 6.07) is 0.0120. The maximum atomic E-state index is 11.6. The molecule has 0 radical (unpaired) electrons. The van der Waals surface area contributed by atoms with Crippen molar-refractivity contribution in [2.45, 2.75) is 25.8 Å². The van der Waals surface area contributed by atoms with Crippen molar-refractivity contribution in [3.8, 4) is 0 Å². The van der Waals surface area contributed by atoms with Crippen molar-refractivity contribution in [1.29, 1.82) is 0 Å². The van der Waals surface area contributed by atoms with Crippen LogP contribution in [0.5, 0.6) is 0 Å². The number of hydrogen-bond donors (Lipinski definition) is 1. The first-order valence-corrected chi connectivity index (χ1v) is 5.64. The molecule has 0 saturated carbocycles. The number of carbonyl (C=O) groups excluding carboxylic acids is 2. The summed E-state index contributed by atoms with van der Waals surface area (Å²) in [6.07, 6.45) is 1.51. The Bertz CT molecular complexity index is 256. The van der Waals surface area contributed by atoms with Crippen LogP contribution in [0.15, 0.2) is 0 Å². The van der Waals surface area contributed by atoms with Crippen molar-refractivity contribution < 1.29 is 14.3 Å². The standard InChI is InChI=1S/C11H20N2O3/c1-9(8-16-2)12-11(15)7-13-5-3-4-10(14)6-13/h9H,3-8H2,1-2H3,(H,12,15). The Morgan fingerprint density at radius 2 is 2.38 bits per heavy atom. The van der Waals surface area contributed by atoms with Crippen LogP contribution in [0.2, 0.25) is 0 Å². The minimum absolute atomic E-state index is 0.0120. The molecule has 1 heterocycles. The SMILES string of the molecule is COCC(C)NC(=O)CN1CCCC(=O)C1. The number of likely N-dealkylation sites (tertiary alicyclic amines) is 1. The molecule has 16 heavy (non-hydrogen) atoms. The third-order valence-corrected chi connectivity index (χ3v) is 2.52. The highest BCUT2D eigenvalue weighted by molar-refractivity contribution is 5.83. The van der Waals surface area contributed by atoms with E-state index in [4.69, 9.17) is 4.74 Å². The van der Waals surface area contributed by atoms with Gasteiger partial charge in [-0.1, -0.05) is 0 Å². The minimum atomic E-state index is -0.0424. The van der Waals surface area contributed by atoms with Gasteiger partial charge >= 0.3 is 0 Å². The number of nitrogens with zero attached hydrogens (tertiary/aromatic N) is 1. The Morgan fingerprint density at radius 3 is 3.00 bits per heavy atom. The van der Waals surface area contributed by atoms with Crippen LogP contribution in [0.3, 0.4) is 0 Å². The predicted molar refractivity (Wildman–Crippen MR) is 60.2 cm³/mol. The lowest BCUT2D eigenvalue weighted by Gasteiger charge is -2.25. The van der Waals surface area contributed by atoms with E-state index in [1.807, 2.05) is 11.8 Å². The Labute approximate surface area is 96.1 Å². The van der Waals surface area contributed by atoms with Gasteiger partial charge in [0.2, 0.25) is 5.91 Å². The summed E-state index contributed by atoms with van der Waals surface area (Å²) >= 11 is 0. The van der Waals surface area contributed by atoms with Gasteiger partial charge in [0, 0.05) is 19.6 Å². The van der Waals surface area contributed by atoms with E-state index < -0.39 is 0 Å². The Morgan fingerprint density at radius 1 is 1.62 bits per heavy atom. The molecule has 1 aliphatic rings. The summed E-state index contributed by atoms with van der Waals surface area (Å²) in [6.45, 7) is 3.94. The van der Waals surface area contributed by atoms with E-state index in [9.17, 15) is 9.59 Å². The summed E-state index contributed by atoms with van der Waals surface area (Å²) in [7, 11) is 1.60. The van der Waals surface area contributed by atoms with Gasteiger partial charge in [0.1, 0.15) is 5.78 Å². The maximum absolute atomic E-state index is 11.6. The van der Waals surface area contributed by atoms with Gasteiger partial charge in [-0.3, -0.25) is 14.5 Å². The molecule has 1 aliphatic heterocycles. The Hall–Kier alpha value is -0.940. The van der Waals surface area contributed by atoms with Crippen molar-refractivity contribution in [2.75, 3.05) is 33.4 Å². The van der Waals surface area contributed by atoms with Crippen LogP contribution in [0.1, 0.15) is 19.8 Å². The molecule has 92 valence electrons. The lowest BCUT2D eigenvalue weighted by molar-refractivity contribution is -0.126. The van der Waals surface area contributed by atoms with E-state index in [-0.39, 0.29) is 17.7 Å². The first-order chi connectivity index (χ1) is 7.61. The third-order valence-electron chi connectivity index (χ3n) is 2.52. The molecule has 0 spiro atoms. The van der Waals surface area contributed by atoms with E-state index in [1.54, 1.807) is 7.11 Å². The van der Waals surface area contributed by atoms with Gasteiger partial charge in [0.25, 0.3) is 0 Å². The van der Waals surface area contributed by atoms with Crippen LogP contribution in [0.4, 0.5) is 0 Å². The number of amides is 1. The number of methoxy groups -OCH3 is 1. The number of rotatable bonds is 5. The lowest BCUT2D eigenvalue weighted by Crippen LogP contribution is -2.45. The molecule has 1 rings (SSSR count). The molecule has 0 aromatic rings. The van der Waals surface area contributed by atoms with Crippen LogP contribution in [-0.2, 0) is 14.3 Å². The molecule has 0 aromatic heterocycles. The van der Waals surface area contributed by atoms with Crippen molar-refractivity contribution in [3.05, 3.63) is 0 Å². The monoisotopic (exact) mass is 228 g/mol. The van der Waals surface area contributed by atoms with Crippen LogP contribution in [0, 0.1) is 0 Å². The number of nitrogens with one attached hydrogen (secondary N) is 1. The summed E-state index contributed by atoms with van der Waals surface area (Å²) in [5, 5.41) is 2.83. The maximum Gasteiger partial charge on any atom is 0.234 e. The molecule has 0 aliphatic carbocycles. The molecule has 5 heteroatoms. The zero-order valence-electron chi connectivity index (χ0n) is 9.99. The highest BCUT2D eigenvalue weighted by atomic mass is 16.5. The molecule has 1 amide bonds. The second-order valence-electron chi connectivity index (χ2n) is 4.28. The van der Waals surface area contributed by atoms with E-state index in [2.05, 4.69) is 5.32 Å². The summed E-state index contributed by atoms with van der Waals surface area (Å²) < 4.78 is 4.93. The number of ether oxygens (including phenoxy) is 1. The summed E-state index contributed by atoms with van der Waals surface area (Å²) in [4.78, 5) is 24.7. The number of ketones is 1. The van der Waals surface area contributed by atoms with Gasteiger partial charge in [-0.25, -0.2) is 0 Å². The molecule has 0 bridgehead atoms. The van der Waals surface area contributed by atoms with Crippen molar-refractivity contribution in [3.63, 3.8) is 0 Å². The van der Waals surface area contributed by atoms with Gasteiger partial charge in [0.05, 0.1) is 19.7 Å². The first-order valence-electron chi connectivity index (χ1n) is 5.64. The Kier molecular flexibility index (Phi) is 5.42. The van der Waals surface area contributed by atoms with Crippen molar-refractivity contribution in [1.82, 2.24) is 10.2 Å².